The van der Waals surface area contributed by atoms with E-state index in [9.17, 15) is 4.79 Å². The summed E-state index contributed by atoms with van der Waals surface area (Å²) >= 11 is 0. The summed E-state index contributed by atoms with van der Waals surface area (Å²) in [5.41, 5.74) is 0. The number of nitrogens with zero attached hydrogens (tertiary/aromatic N) is 2. The van der Waals surface area contributed by atoms with Gasteiger partial charge in [-0.3, -0.25) is 4.79 Å². The monoisotopic (exact) mass is 198 g/mol. The van der Waals surface area contributed by atoms with E-state index in [1.165, 1.54) is 0 Å². The van der Waals surface area contributed by atoms with Gasteiger partial charge in [0, 0.05) is 6.54 Å². The van der Waals surface area contributed by atoms with Gasteiger partial charge in [-0.15, -0.1) is 0 Å². The lowest BCUT2D eigenvalue weighted by molar-refractivity contribution is -0.143. The van der Waals surface area contributed by atoms with Gasteiger partial charge < -0.3 is 10.0 Å². The maximum atomic E-state index is 10.9. The van der Waals surface area contributed by atoms with Crippen molar-refractivity contribution in [3.05, 3.63) is 0 Å². The average molecular weight is 198 g/mol. The molecule has 0 bridgehead atoms. The molecule has 0 radical (unpaired) electrons. The molecule has 2 atom stereocenters. The van der Waals surface area contributed by atoms with E-state index in [4.69, 9.17) is 10.4 Å². The van der Waals surface area contributed by atoms with Crippen LogP contribution in [0.3, 0.4) is 0 Å². The molecule has 0 spiro atoms. The Morgan fingerprint density at radius 1 is 1.50 bits per heavy atom. The van der Waals surface area contributed by atoms with Gasteiger partial charge >= 0.3 is 5.97 Å². The number of hydrogen-bond donors (Lipinski definition) is 1. The third kappa shape index (κ3) is 3.75. The number of carbonyl (C=O) groups is 1. The predicted octanol–water partition coefficient (Wildman–Crippen LogP) is 1.19. The van der Waals surface area contributed by atoms with E-state index in [-0.39, 0.29) is 0 Å². The van der Waals surface area contributed by atoms with Crippen molar-refractivity contribution in [2.45, 2.75) is 20.8 Å². The molecule has 0 aromatic carbocycles. The van der Waals surface area contributed by atoms with Gasteiger partial charge in [0.2, 0.25) is 0 Å². The second-order valence-electron chi connectivity index (χ2n) is 3.35. The molecular weight excluding hydrogens is 180 g/mol. The topological polar surface area (TPSA) is 64.3 Å². The fourth-order valence-electron chi connectivity index (χ4n) is 1.30. The van der Waals surface area contributed by atoms with Crippen molar-refractivity contribution in [1.82, 2.24) is 4.90 Å². The number of carboxylic acids is 1. The first-order valence-electron chi connectivity index (χ1n) is 4.91. The highest BCUT2D eigenvalue weighted by Crippen LogP contribution is 2.12. The molecule has 0 aromatic heterocycles. The van der Waals surface area contributed by atoms with Crippen LogP contribution in [0.2, 0.25) is 0 Å². The molecule has 0 saturated heterocycles. The molecule has 0 rings (SSSR count). The van der Waals surface area contributed by atoms with Crippen LogP contribution < -0.4 is 0 Å². The van der Waals surface area contributed by atoms with E-state index in [0.717, 1.165) is 13.1 Å². The lowest BCUT2D eigenvalue weighted by Gasteiger charge is -2.23. The Morgan fingerprint density at radius 3 is 2.29 bits per heavy atom. The van der Waals surface area contributed by atoms with Crippen LogP contribution in [-0.2, 0) is 4.79 Å². The van der Waals surface area contributed by atoms with Gasteiger partial charge in [0.05, 0.1) is 17.9 Å². The van der Waals surface area contributed by atoms with Crippen molar-refractivity contribution in [3.63, 3.8) is 0 Å². The summed E-state index contributed by atoms with van der Waals surface area (Å²) in [6.45, 7) is 7.72. The highest BCUT2D eigenvalue weighted by atomic mass is 16.4. The van der Waals surface area contributed by atoms with E-state index in [0.29, 0.717) is 6.54 Å². The van der Waals surface area contributed by atoms with Gasteiger partial charge in [0.1, 0.15) is 0 Å². The standard InChI is InChI=1S/C10H18N2O2/c1-4-12(5-2)7-9(10(13)14)8(3)6-11/h8-9H,4-5,7H2,1-3H3,(H,13,14). The number of hydrogen-bond acceptors (Lipinski definition) is 3. The molecule has 0 aromatic rings. The summed E-state index contributed by atoms with van der Waals surface area (Å²) in [5.74, 6) is -1.90. The van der Waals surface area contributed by atoms with E-state index in [2.05, 4.69) is 0 Å². The second kappa shape index (κ2) is 6.39. The van der Waals surface area contributed by atoms with Crippen LogP contribution in [0.5, 0.6) is 0 Å². The first kappa shape index (κ1) is 12.9. The van der Waals surface area contributed by atoms with Crippen LogP contribution in [0.15, 0.2) is 0 Å². The average Bonchev–Trinajstić information content (AvgIpc) is 2.18. The molecule has 14 heavy (non-hydrogen) atoms. The molecule has 0 heterocycles. The quantitative estimate of drug-likeness (QED) is 0.696. The van der Waals surface area contributed by atoms with E-state index in [1.54, 1.807) is 6.92 Å². The van der Waals surface area contributed by atoms with Gasteiger partial charge in [-0.25, -0.2) is 0 Å². The van der Waals surface area contributed by atoms with Gasteiger partial charge in [-0.2, -0.15) is 5.26 Å². The predicted molar refractivity (Wildman–Crippen MR) is 53.7 cm³/mol. The summed E-state index contributed by atoms with van der Waals surface area (Å²) in [5, 5.41) is 17.6. The highest BCUT2D eigenvalue weighted by molar-refractivity contribution is 5.71. The smallest absolute Gasteiger partial charge is 0.309 e. The zero-order chi connectivity index (χ0) is 11.1. The Kier molecular flexibility index (Phi) is 5.89. The fourth-order valence-corrected chi connectivity index (χ4v) is 1.30. The van der Waals surface area contributed by atoms with Crippen LogP contribution in [0.1, 0.15) is 20.8 Å². The molecule has 1 N–H and O–H groups in total. The van der Waals surface area contributed by atoms with Crippen molar-refractivity contribution in [2.24, 2.45) is 11.8 Å². The fraction of sp³-hybridized carbons (Fsp3) is 0.800. The van der Waals surface area contributed by atoms with E-state index < -0.39 is 17.8 Å². The molecule has 4 nitrogen and oxygen atoms in total. The Morgan fingerprint density at radius 2 is 2.00 bits per heavy atom. The number of aliphatic carboxylic acids is 1. The third-order valence-electron chi connectivity index (χ3n) is 2.47. The highest BCUT2D eigenvalue weighted by Gasteiger charge is 2.25. The Balaban J connectivity index is 4.38. The van der Waals surface area contributed by atoms with Crippen molar-refractivity contribution in [1.29, 1.82) is 5.26 Å². The number of carboxylic acid groups (broad SMARTS) is 1. The number of nitriles is 1. The minimum absolute atomic E-state index is 0.437. The van der Waals surface area contributed by atoms with Crippen LogP contribution >= 0.6 is 0 Å². The van der Waals surface area contributed by atoms with E-state index in [1.807, 2.05) is 24.8 Å². The van der Waals surface area contributed by atoms with Gasteiger partial charge in [0.25, 0.3) is 0 Å². The van der Waals surface area contributed by atoms with Crippen LogP contribution in [0.25, 0.3) is 0 Å². The zero-order valence-corrected chi connectivity index (χ0v) is 9.03. The maximum Gasteiger partial charge on any atom is 0.309 e. The van der Waals surface area contributed by atoms with Gasteiger partial charge in [-0.1, -0.05) is 13.8 Å². The molecule has 80 valence electrons. The first-order chi connectivity index (χ1) is 6.56. The van der Waals surface area contributed by atoms with Crippen molar-refractivity contribution in [3.8, 4) is 6.07 Å². The molecule has 4 heteroatoms. The minimum atomic E-state index is -0.883. The van der Waals surface area contributed by atoms with Crippen molar-refractivity contribution in [2.75, 3.05) is 19.6 Å². The Hall–Kier alpha value is -1.08. The van der Waals surface area contributed by atoms with Crippen molar-refractivity contribution >= 4 is 5.97 Å². The van der Waals surface area contributed by atoms with Gasteiger partial charge in [0.15, 0.2) is 0 Å². The molecule has 0 aliphatic rings. The molecular formula is C10H18N2O2. The van der Waals surface area contributed by atoms with Crippen LogP contribution in [0, 0.1) is 23.2 Å². The second-order valence-corrected chi connectivity index (χ2v) is 3.35. The van der Waals surface area contributed by atoms with Gasteiger partial charge in [-0.05, 0) is 20.0 Å². The molecule has 0 saturated carbocycles. The Bertz CT molecular complexity index is 219. The van der Waals surface area contributed by atoms with Crippen LogP contribution in [0.4, 0.5) is 0 Å². The molecule has 0 aliphatic heterocycles. The molecule has 0 amide bonds. The minimum Gasteiger partial charge on any atom is -0.481 e. The van der Waals surface area contributed by atoms with Crippen molar-refractivity contribution < 1.29 is 9.90 Å². The molecule has 2 unspecified atom stereocenters. The lowest BCUT2D eigenvalue weighted by atomic mass is 9.95. The van der Waals surface area contributed by atoms with Crippen LogP contribution in [-0.4, -0.2) is 35.6 Å². The molecule has 0 fully saturated rings. The SMILES string of the molecule is CCN(CC)CC(C(=O)O)C(C)C#N. The maximum absolute atomic E-state index is 10.9. The lowest BCUT2D eigenvalue weighted by Crippen LogP contribution is -2.36. The summed E-state index contributed by atoms with van der Waals surface area (Å²) in [6.07, 6.45) is 0. The molecule has 0 aliphatic carbocycles. The summed E-state index contributed by atoms with van der Waals surface area (Å²) in [6, 6.07) is 1.99. The Labute approximate surface area is 85.1 Å². The normalized spacial score (nSPS) is 14.8. The summed E-state index contributed by atoms with van der Waals surface area (Å²) in [7, 11) is 0. The summed E-state index contributed by atoms with van der Waals surface area (Å²) in [4.78, 5) is 12.9. The largest absolute Gasteiger partial charge is 0.481 e. The number of rotatable bonds is 6. The summed E-state index contributed by atoms with van der Waals surface area (Å²) < 4.78 is 0. The zero-order valence-electron chi connectivity index (χ0n) is 9.03. The third-order valence-corrected chi connectivity index (χ3v) is 2.47. The van der Waals surface area contributed by atoms with E-state index >= 15 is 0 Å². The first-order valence-corrected chi connectivity index (χ1v) is 4.91.